The van der Waals surface area contributed by atoms with Crippen molar-refractivity contribution in [3.8, 4) is 0 Å². The number of pyridine rings is 1. The lowest BCUT2D eigenvalue weighted by atomic mass is 10.2. The Kier molecular flexibility index (Phi) is 3.62. The fraction of sp³-hybridized carbons (Fsp3) is 0.250. The zero-order chi connectivity index (χ0) is 12.1. The minimum atomic E-state index is -0.0848. The van der Waals surface area contributed by atoms with Crippen LogP contribution in [0.4, 0.5) is 0 Å². The monoisotopic (exact) mass is 230 g/mol. The Morgan fingerprint density at radius 3 is 2.76 bits per heavy atom. The third-order valence-electron chi connectivity index (χ3n) is 2.41. The summed E-state index contributed by atoms with van der Waals surface area (Å²) in [6.45, 7) is 0.526. The van der Waals surface area contributed by atoms with E-state index in [0.29, 0.717) is 24.4 Å². The zero-order valence-electron chi connectivity index (χ0n) is 9.60. The molecule has 0 unspecified atom stereocenters. The summed E-state index contributed by atoms with van der Waals surface area (Å²) in [4.78, 5) is 22.6. The number of H-pyrrole nitrogens is 1. The van der Waals surface area contributed by atoms with Crippen LogP contribution in [0.3, 0.4) is 0 Å². The highest BCUT2D eigenvalue weighted by molar-refractivity contribution is 5.16. The van der Waals surface area contributed by atoms with Crippen LogP contribution in [-0.2, 0) is 13.0 Å². The van der Waals surface area contributed by atoms with Crippen LogP contribution in [0, 0.1) is 0 Å². The first kappa shape index (κ1) is 11.5. The van der Waals surface area contributed by atoms with E-state index in [-0.39, 0.29) is 5.56 Å². The normalized spacial score (nSPS) is 10.4. The summed E-state index contributed by atoms with van der Waals surface area (Å²) in [6, 6.07) is 3.81. The van der Waals surface area contributed by atoms with Gasteiger partial charge in [0.1, 0.15) is 5.82 Å². The summed E-state index contributed by atoms with van der Waals surface area (Å²) in [5.41, 5.74) is 1.63. The minimum Gasteiger partial charge on any atom is -0.315 e. The standard InChI is InChI=1S/C12H14N4O/c1-13-7-10-8-15-11(16-12(10)17)6-9-2-4-14-5-3-9/h2-5,8,13H,6-7H2,1H3,(H,15,16,17). The molecule has 0 saturated heterocycles. The molecule has 2 N–H and O–H groups in total. The second-order valence-corrected chi connectivity index (χ2v) is 3.75. The van der Waals surface area contributed by atoms with Crippen LogP contribution in [0.15, 0.2) is 35.5 Å². The Bertz CT molecular complexity index is 536. The van der Waals surface area contributed by atoms with Crippen molar-refractivity contribution in [3.63, 3.8) is 0 Å². The number of rotatable bonds is 4. The molecule has 0 bridgehead atoms. The predicted molar refractivity (Wildman–Crippen MR) is 64.7 cm³/mol. The molecule has 0 radical (unpaired) electrons. The molecule has 0 aliphatic carbocycles. The molecule has 0 aliphatic rings. The van der Waals surface area contributed by atoms with E-state index in [2.05, 4.69) is 20.3 Å². The first-order valence-corrected chi connectivity index (χ1v) is 5.40. The van der Waals surface area contributed by atoms with Crippen LogP contribution in [-0.4, -0.2) is 22.0 Å². The summed E-state index contributed by atoms with van der Waals surface area (Å²) in [6.07, 6.45) is 5.68. The van der Waals surface area contributed by atoms with Crippen LogP contribution in [0.25, 0.3) is 0 Å². The van der Waals surface area contributed by atoms with Crippen LogP contribution >= 0.6 is 0 Å². The van der Waals surface area contributed by atoms with Crippen molar-refractivity contribution in [1.29, 1.82) is 0 Å². The van der Waals surface area contributed by atoms with Crippen molar-refractivity contribution in [2.75, 3.05) is 7.05 Å². The lowest BCUT2D eigenvalue weighted by molar-refractivity contribution is 0.786. The molecule has 0 saturated carbocycles. The molecule has 5 heteroatoms. The van der Waals surface area contributed by atoms with E-state index >= 15 is 0 Å². The van der Waals surface area contributed by atoms with E-state index in [1.165, 1.54) is 0 Å². The molecule has 0 fully saturated rings. The smallest absolute Gasteiger partial charge is 0.255 e. The number of aromatic amines is 1. The first-order valence-electron chi connectivity index (χ1n) is 5.40. The minimum absolute atomic E-state index is 0.0848. The van der Waals surface area contributed by atoms with Crippen molar-refractivity contribution < 1.29 is 0 Å². The van der Waals surface area contributed by atoms with Gasteiger partial charge in [0.2, 0.25) is 0 Å². The number of aromatic nitrogens is 3. The maximum atomic E-state index is 11.7. The highest BCUT2D eigenvalue weighted by Crippen LogP contribution is 2.02. The van der Waals surface area contributed by atoms with Crippen molar-refractivity contribution in [1.82, 2.24) is 20.3 Å². The van der Waals surface area contributed by atoms with E-state index < -0.39 is 0 Å². The Labute approximate surface area is 99.0 Å². The Hall–Kier alpha value is -2.01. The lowest BCUT2D eigenvalue weighted by Crippen LogP contribution is -2.20. The van der Waals surface area contributed by atoms with Gasteiger partial charge in [0.05, 0.1) is 0 Å². The third-order valence-corrected chi connectivity index (χ3v) is 2.41. The molecule has 17 heavy (non-hydrogen) atoms. The van der Waals surface area contributed by atoms with Gasteiger partial charge in [0.25, 0.3) is 5.56 Å². The van der Waals surface area contributed by atoms with Crippen LogP contribution in [0.2, 0.25) is 0 Å². The highest BCUT2D eigenvalue weighted by atomic mass is 16.1. The van der Waals surface area contributed by atoms with Gasteiger partial charge in [-0.2, -0.15) is 0 Å². The molecule has 2 heterocycles. The molecule has 2 aromatic heterocycles. The second kappa shape index (κ2) is 5.36. The quantitative estimate of drug-likeness (QED) is 0.801. The van der Waals surface area contributed by atoms with Gasteiger partial charge in [0, 0.05) is 37.1 Å². The molecule has 0 spiro atoms. The Balaban J connectivity index is 2.18. The van der Waals surface area contributed by atoms with Gasteiger partial charge in [-0.05, 0) is 24.7 Å². The average Bonchev–Trinajstić information content (AvgIpc) is 2.34. The lowest BCUT2D eigenvalue weighted by Gasteiger charge is -2.02. The van der Waals surface area contributed by atoms with Gasteiger partial charge >= 0.3 is 0 Å². The van der Waals surface area contributed by atoms with E-state index in [1.54, 1.807) is 25.6 Å². The molecule has 2 rings (SSSR count). The van der Waals surface area contributed by atoms with Crippen LogP contribution < -0.4 is 10.9 Å². The first-order chi connectivity index (χ1) is 8.29. The van der Waals surface area contributed by atoms with Gasteiger partial charge in [-0.25, -0.2) is 4.98 Å². The Morgan fingerprint density at radius 1 is 1.35 bits per heavy atom. The zero-order valence-corrected chi connectivity index (χ0v) is 9.60. The number of hydrogen-bond acceptors (Lipinski definition) is 4. The van der Waals surface area contributed by atoms with Crippen molar-refractivity contribution in [3.05, 3.63) is 58.0 Å². The van der Waals surface area contributed by atoms with Gasteiger partial charge < -0.3 is 10.3 Å². The molecule has 2 aromatic rings. The van der Waals surface area contributed by atoms with Gasteiger partial charge in [-0.15, -0.1) is 0 Å². The largest absolute Gasteiger partial charge is 0.315 e. The summed E-state index contributed by atoms with van der Waals surface area (Å²) in [5, 5.41) is 2.93. The van der Waals surface area contributed by atoms with Gasteiger partial charge in [-0.3, -0.25) is 9.78 Å². The summed E-state index contributed by atoms with van der Waals surface area (Å²) in [7, 11) is 1.80. The number of nitrogens with zero attached hydrogens (tertiary/aromatic N) is 2. The molecule has 0 aromatic carbocycles. The van der Waals surface area contributed by atoms with E-state index in [1.807, 2.05) is 12.1 Å². The van der Waals surface area contributed by atoms with E-state index in [4.69, 9.17) is 0 Å². The molecule has 88 valence electrons. The number of hydrogen-bond donors (Lipinski definition) is 2. The maximum Gasteiger partial charge on any atom is 0.255 e. The fourth-order valence-electron chi connectivity index (χ4n) is 1.56. The molecular weight excluding hydrogens is 216 g/mol. The predicted octanol–water partition coefficient (Wildman–Crippen LogP) is 0.475. The fourth-order valence-corrected chi connectivity index (χ4v) is 1.56. The van der Waals surface area contributed by atoms with Crippen molar-refractivity contribution in [2.45, 2.75) is 13.0 Å². The maximum absolute atomic E-state index is 11.7. The van der Waals surface area contributed by atoms with Crippen molar-refractivity contribution >= 4 is 0 Å². The summed E-state index contributed by atoms with van der Waals surface area (Å²) < 4.78 is 0. The van der Waals surface area contributed by atoms with Gasteiger partial charge in [0.15, 0.2) is 0 Å². The van der Waals surface area contributed by atoms with Gasteiger partial charge in [-0.1, -0.05) is 0 Å². The van der Waals surface area contributed by atoms with E-state index in [9.17, 15) is 4.79 Å². The molecule has 0 amide bonds. The number of nitrogens with one attached hydrogen (secondary N) is 2. The SMILES string of the molecule is CNCc1cnc(Cc2ccncc2)[nH]c1=O. The molecule has 0 atom stereocenters. The van der Waals surface area contributed by atoms with Crippen LogP contribution in [0.5, 0.6) is 0 Å². The third kappa shape index (κ3) is 2.98. The summed E-state index contributed by atoms with van der Waals surface area (Å²) in [5.74, 6) is 0.668. The van der Waals surface area contributed by atoms with Crippen LogP contribution in [0.1, 0.15) is 17.0 Å². The summed E-state index contributed by atoms with van der Waals surface area (Å²) >= 11 is 0. The molecule has 0 aliphatic heterocycles. The second-order valence-electron chi connectivity index (χ2n) is 3.75. The Morgan fingerprint density at radius 2 is 2.12 bits per heavy atom. The topological polar surface area (TPSA) is 70.7 Å². The highest BCUT2D eigenvalue weighted by Gasteiger charge is 2.02. The van der Waals surface area contributed by atoms with Crippen molar-refractivity contribution in [2.24, 2.45) is 0 Å². The molecule has 5 nitrogen and oxygen atoms in total. The molecular formula is C12H14N4O. The van der Waals surface area contributed by atoms with E-state index in [0.717, 1.165) is 5.56 Å². The average molecular weight is 230 g/mol.